The quantitative estimate of drug-likeness (QED) is 0.533. The van der Waals surface area contributed by atoms with Gasteiger partial charge in [-0.25, -0.2) is 0 Å². The first-order valence-corrected chi connectivity index (χ1v) is 13.0. The molecule has 2 amide bonds. The van der Waals surface area contributed by atoms with E-state index in [2.05, 4.69) is 22.1 Å². The first-order valence-electron chi connectivity index (χ1n) is 13.0. The number of hydrogen-bond acceptors (Lipinski definition) is 6. The molecular formula is C28H34N6O3. The van der Waals surface area contributed by atoms with Crippen LogP contribution in [0.4, 0.5) is 5.69 Å². The van der Waals surface area contributed by atoms with Crippen LogP contribution in [0.2, 0.25) is 0 Å². The Morgan fingerprint density at radius 3 is 2.51 bits per heavy atom. The molecule has 1 fully saturated rings. The summed E-state index contributed by atoms with van der Waals surface area (Å²) in [7, 11) is 2.05. The van der Waals surface area contributed by atoms with Gasteiger partial charge in [0.1, 0.15) is 17.9 Å². The highest BCUT2D eigenvalue weighted by Gasteiger charge is 2.30. The Morgan fingerprint density at radius 2 is 1.73 bits per heavy atom. The molecule has 194 valence electrons. The number of ether oxygens (including phenoxy) is 1. The Balaban J connectivity index is 1.36. The number of aromatic nitrogens is 3. The molecule has 3 aromatic rings. The molecule has 9 heteroatoms. The van der Waals surface area contributed by atoms with Gasteiger partial charge in [0.25, 0.3) is 5.91 Å². The molecule has 1 aromatic heterocycles. The van der Waals surface area contributed by atoms with Gasteiger partial charge in [-0.05, 0) is 56.6 Å². The van der Waals surface area contributed by atoms with Gasteiger partial charge in [-0.3, -0.25) is 14.2 Å². The highest BCUT2D eigenvalue weighted by Crippen LogP contribution is 2.40. The monoisotopic (exact) mass is 502 g/mol. The molecule has 2 aromatic carbocycles. The third-order valence-corrected chi connectivity index (χ3v) is 7.04. The van der Waals surface area contributed by atoms with Crippen LogP contribution in [0, 0.1) is 0 Å². The minimum Gasteiger partial charge on any atom is -0.482 e. The van der Waals surface area contributed by atoms with Crippen molar-refractivity contribution in [2.45, 2.75) is 38.6 Å². The Bertz CT molecular complexity index is 1250. The standard InChI is InChI=1S/C28H34N6O3/c1-21(35)33-15-7-14-31(2)16-17-32(18-23-8-3-4-9-24(23)33)27(36)19-37-26-11-6-5-10-25(26)34-20-29-30-28(34)22-12-13-22/h3-6,8-11,20,22H,7,12-19H2,1-2H3. The van der Waals surface area contributed by atoms with Crippen LogP contribution in [-0.2, 0) is 16.1 Å². The van der Waals surface area contributed by atoms with Gasteiger partial charge in [-0.1, -0.05) is 30.3 Å². The number of carbonyl (C=O) groups excluding carboxylic acids is 2. The number of likely N-dealkylation sites (N-methyl/N-ethyl adjacent to an activating group) is 1. The van der Waals surface area contributed by atoms with Crippen molar-refractivity contribution in [3.05, 3.63) is 66.2 Å². The summed E-state index contributed by atoms with van der Waals surface area (Å²) in [4.78, 5) is 31.8. The summed E-state index contributed by atoms with van der Waals surface area (Å²) < 4.78 is 8.08. The molecule has 1 saturated carbocycles. The maximum Gasteiger partial charge on any atom is 0.260 e. The first kappa shape index (κ1) is 25.0. The average molecular weight is 503 g/mol. The van der Waals surface area contributed by atoms with Crippen LogP contribution in [0.5, 0.6) is 5.75 Å². The van der Waals surface area contributed by atoms with Gasteiger partial charge in [0.15, 0.2) is 6.61 Å². The molecule has 1 aliphatic carbocycles. The van der Waals surface area contributed by atoms with Crippen molar-refractivity contribution < 1.29 is 14.3 Å². The number of benzene rings is 2. The second-order valence-corrected chi connectivity index (χ2v) is 9.86. The predicted octanol–water partition coefficient (Wildman–Crippen LogP) is 3.24. The summed E-state index contributed by atoms with van der Waals surface area (Å²) in [5.41, 5.74) is 2.65. The zero-order valence-corrected chi connectivity index (χ0v) is 21.5. The van der Waals surface area contributed by atoms with Crippen LogP contribution in [0.25, 0.3) is 5.69 Å². The van der Waals surface area contributed by atoms with Gasteiger partial charge >= 0.3 is 0 Å². The lowest BCUT2D eigenvalue weighted by Gasteiger charge is -2.27. The lowest BCUT2D eigenvalue weighted by atomic mass is 10.1. The van der Waals surface area contributed by atoms with Crippen molar-refractivity contribution in [2.75, 3.05) is 44.7 Å². The molecular weight excluding hydrogens is 468 g/mol. The summed E-state index contributed by atoms with van der Waals surface area (Å²) >= 11 is 0. The van der Waals surface area contributed by atoms with E-state index in [-0.39, 0.29) is 18.4 Å². The van der Waals surface area contributed by atoms with Gasteiger partial charge in [-0.2, -0.15) is 0 Å². The normalized spacial score (nSPS) is 17.1. The fourth-order valence-electron chi connectivity index (χ4n) is 4.81. The van der Waals surface area contributed by atoms with Crippen molar-refractivity contribution in [1.82, 2.24) is 24.6 Å². The van der Waals surface area contributed by atoms with Crippen LogP contribution in [0.1, 0.15) is 43.5 Å². The number of rotatable bonds is 5. The number of hydrogen-bond donors (Lipinski definition) is 0. The molecule has 0 spiro atoms. The second kappa shape index (κ2) is 11.1. The Kier molecular flexibility index (Phi) is 7.50. The largest absolute Gasteiger partial charge is 0.482 e. The number of carbonyl (C=O) groups is 2. The van der Waals surface area contributed by atoms with E-state index >= 15 is 0 Å². The van der Waals surface area contributed by atoms with Gasteiger partial charge in [0, 0.05) is 44.7 Å². The van der Waals surface area contributed by atoms with E-state index < -0.39 is 0 Å². The van der Waals surface area contributed by atoms with Crippen LogP contribution in [0.3, 0.4) is 0 Å². The van der Waals surface area contributed by atoms with Crippen LogP contribution in [0.15, 0.2) is 54.9 Å². The lowest BCUT2D eigenvalue weighted by Crippen LogP contribution is -2.39. The highest BCUT2D eigenvalue weighted by atomic mass is 16.5. The van der Waals surface area contributed by atoms with E-state index in [4.69, 9.17) is 4.74 Å². The molecule has 0 atom stereocenters. The van der Waals surface area contributed by atoms with E-state index in [1.54, 1.807) is 13.3 Å². The molecule has 37 heavy (non-hydrogen) atoms. The van der Waals surface area contributed by atoms with E-state index in [9.17, 15) is 9.59 Å². The van der Waals surface area contributed by atoms with Crippen LogP contribution in [-0.4, -0.2) is 76.2 Å². The maximum atomic E-state index is 13.5. The van der Waals surface area contributed by atoms with Crippen molar-refractivity contribution in [3.63, 3.8) is 0 Å². The summed E-state index contributed by atoms with van der Waals surface area (Å²) in [6.07, 6.45) is 4.81. The Morgan fingerprint density at radius 1 is 0.973 bits per heavy atom. The molecule has 1 aliphatic heterocycles. The molecule has 0 radical (unpaired) electrons. The molecule has 0 saturated heterocycles. The summed E-state index contributed by atoms with van der Waals surface area (Å²) in [5, 5.41) is 8.41. The Labute approximate surface area is 217 Å². The number of nitrogens with zero attached hydrogens (tertiary/aromatic N) is 6. The van der Waals surface area contributed by atoms with E-state index in [1.807, 2.05) is 62.9 Å². The molecule has 2 heterocycles. The number of para-hydroxylation sites is 3. The summed E-state index contributed by atoms with van der Waals surface area (Å²) in [6, 6.07) is 15.5. The van der Waals surface area contributed by atoms with Crippen molar-refractivity contribution in [1.29, 1.82) is 0 Å². The summed E-state index contributed by atoms with van der Waals surface area (Å²) in [6.45, 7) is 4.74. The molecule has 9 nitrogen and oxygen atoms in total. The van der Waals surface area contributed by atoms with Gasteiger partial charge in [0.05, 0.1) is 5.69 Å². The average Bonchev–Trinajstić information content (AvgIpc) is 3.64. The van der Waals surface area contributed by atoms with E-state index in [0.717, 1.165) is 55.1 Å². The second-order valence-electron chi connectivity index (χ2n) is 9.86. The SMILES string of the molecule is CC(=O)N1CCCN(C)CCN(C(=O)COc2ccccc2-n2cnnc2C2CC2)Cc2ccccc21. The topological polar surface area (TPSA) is 83.8 Å². The number of fused-ring (bicyclic) bond motifs is 1. The lowest BCUT2D eigenvalue weighted by molar-refractivity contribution is -0.134. The third kappa shape index (κ3) is 5.83. The first-order chi connectivity index (χ1) is 18.0. The third-order valence-electron chi connectivity index (χ3n) is 7.04. The molecule has 0 unspecified atom stereocenters. The smallest absolute Gasteiger partial charge is 0.260 e. The molecule has 2 aliphatic rings. The van der Waals surface area contributed by atoms with Crippen molar-refractivity contribution >= 4 is 17.5 Å². The van der Waals surface area contributed by atoms with Gasteiger partial charge in [-0.15, -0.1) is 10.2 Å². The van der Waals surface area contributed by atoms with Gasteiger partial charge in [0.2, 0.25) is 5.91 Å². The Hall–Kier alpha value is -3.72. The fourth-order valence-corrected chi connectivity index (χ4v) is 4.81. The molecule has 0 N–H and O–H groups in total. The zero-order chi connectivity index (χ0) is 25.8. The van der Waals surface area contributed by atoms with Crippen molar-refractivity contribution in [2.24, 2.45) is 0 Å². The molecule has 0 bridgehead atoms. The van der Waals surface area contributed by atoms with E-state index in [0.29, 0.717) is 31.3 Å². The van der Waals surface area contributed by atoms with Crippen molar-refractivity contribution in [3.8, 4) is 11.4 Å². The highest BCUT2D eigenvalue weighted by molar-refractivity contribution is 5.92. The predicted molar refractivity (Wildman–Crippen MR) is 141 cm³/mol. The summed E-state index contributed by atoms with van der Waals surface area (Å²) in [5.74, 6) is 1.89. The number of anilines is 1. The molecule has 5 rings (SSSR count). The minimum atomic E-state index is -0.0993. The van der Waals surface area contributed by atoms with Gasteiger partial charge < -0.3 is 19.4 Å². The maximum absolute atomic E-state index is 13.5. The number of amides is 2. The van der Waals surface area contributed by atoms with E-state index in [1.165, 1.54) is 0 Å². The fraction of sp³-hybridized carbons (Fsp3) is 0.429. The minimum absolute atomic E-state index is 0.00623. The van der Waals surface area contributed by atoms with Crippen LogP contribution < -0.4 is 9.64 Å². The van der Waals surface area contributed by atoms with Crippen LogP contribution >= 0.6 is 0 Å². The zero-order valence-electron chi connectivity index (χ0n) is 21.5.